The first-order valence-electron chi connectivity index (χ1n) is 4.35. The van der Waals surface area contributed by atoms with Crippen LogP contribution in [-0.2, 0) is 0 Å². The lowest BCUT2D eigenvalue weighted by Crippen LogP contribution is -2.51. The van der Waals surface area contributed by atoms with Gasteiger partial charge in [0.1, 0.15) is 13.1 Å². The second kappa shape index (κ2) is 2.86. The second-order valence-electron chi connectivity index (χ2n) is 3.61. The first kappa shape index (κ1) is 8.60. The van der Waals surface area contributed by atoms with Crippen LogP contribution in [-0.4, -0.2) is 36.8 Å². The quantitative estimate of drug-likeness (QED) is 0.548. The molecule has 0 N–H and O–H groups in total. The molecule has 2 heteroatoms. The Labute approximate surface area is 69.7 Å². The third-order valence-corrected chi connectivity index (χ3v) is 2.72. The van der Waals surface area contributed by atoms with E-state index >= 15 is 0 Å². The SMILES string of the molecule is CCC[N+]1(C)CC=C(C)N1C. The molecule has 0 saturated carbocycles. The van der Waals surface area contributed by atoms with E-state index < -0.39 is 0 Å². The molecule has 64 valence electrons. The summed E-state index contributed by atoms with van der Waals surface area (Å²) in [5.74, 6) is 0. The molecule has 1 heterocycles. The van der Waals surface area contributed by atoms with Gasteiger partial charge in [-0.1, -0.05) is 6.92 Å². The second-order valence-corrected chi connectivity index (χ2v) is 3.61. The zero-order chi connectivity index (χ0) is 8.48. The smallest absolute Gasteiger partial charge is 0.122 e. The van der Waals surface area contributed by atoms with Crippen molar-refractivity contribution < 1.29 is 4.59 Å². The number of quaternary nitrogens is 1. The highest BCUT2D eigenvalue weighted by Crippen LogP contribution is 2.20. The van der Waals surface area contributed by atoms with Gasteiger partial charge in [0.15, 0.2) is 0 Å². The van der Waals surface area contributed by atoms with E-state index in [4.69, 9.17) is 0 Å². The van der Waals surface area contributed by atoms with Gasteiger partial charge in [0.2, 0.25) is 0 Å². The van der Waals surface area contributed by atoms with Crippen molar-refractivity contribution in [3.8, 4) is 0 Å². The van der Waals surface area contributed by atoms with Crippen molar-refractivity contribution in [3.63, 3.8) is 0 Å². The molecule has 2 nitrogen and oxygen atoms in total. The summed E-state index contributed by atoms with van der Waals surface area (Å²) < 4.78 is 1.06. The first-order valence-corrected chi connectivity index (χ1v) is 4.35. The molecule has 0 bridgehead atoms. The fraction of sp³-hybridized carbons (Fsp3) is 0.778. The minimum atomic E-state index is 1.06. The van der Waals surface area contributed by atoms with E-state index in [0.717, 1.165) is 11.1 Å². The van der Waals surface area contributed by atoms with Gasteiger partial charge in [-0.3, -0.25) is 0 Å². The van der Waals surface area contributed by atoms with Gasteiger partial charge in [0.25, 0.3) is 0 Å². The van der Waals surface area contributed by atoms with Gasteiger partial charge in [-0.2, -0.15) is 0 Å². The van der Waals surface area contributed by atoms with Crippen molar-refractivity contribution in [1.82, 2.24) is 5.01 Å². The fourth-order valence-electron chi connectivity index (χ4n) is 1.69. The Morgan fingerprint density at radius 1 is 1.64 bits per heavy atom. The molecular weight excluding hydrogens is 136 g/mol. The molecule has 0 aliphatic carbocycles. The highest BCUT2D eigenvalue weighted by atomic mass is 15.7. The van der Waals surface area contributed by atoms with Crippen LogP contribution in [0.2, 0.25) is 0 Å². The summed E-state index contributed by atoms with van der Waals surface area (Å²) in [5.41, 5.74) is 1.40. The summed E-state index contributed by atoms with van der Waals surface area (Å²) in [6.07, 6.45) is 3.57. The number of rotatable bonds is 2. The average Bonchev–Trinajstić information content (AvgIpc) is 2.19. The van der Waals surface area contributed by atoms with Crippen LogP contribution in [0.25, 0.3) is 0 Å². The molecule has 1 rings (SSSR count). The summed E-state index contributed by atoms with van der Waals surface area (Å²) in [4.78, 5) is 0. The van der Waals surface area contributed by atoms with Crippen LogP contribution in [0.15, 0.2) is 11.8 Å². The van der Waals surface area contributed by atoms with Crippen molar-refractivity contribution in [2.24, 2.45) is 0 Å². The number of hydrogen-bond acceptors (Lipinski definition) is 1. The standard InChI is InChI=1S/C9H19N2/c1-5-7-11(4)8-6-9(2)10(11)3/h6H,5,7-8H2,1-4H3/q+1. The van der Waals surface area contributed by atoms with E-state index in [-0.39, 0.29) is 0 Å². The van der Waals surface area contributed by atoms with Crippen LogP contribution < -0.4 is 0 Å². The lowest BCUT2D eigenvalue weighted by molar-refractivity contribution is -0.999. The highest BCUT2D eigenvalue weighted by molar-refractivity contribution is 4.97. The fourth-order valence-corrected chi connectivity index (χ4v) is 1.69. The molecule has 0 saturated heterocycles. The molecule has 1 unspecified atom stereocenters. The van der Waals surface area contributed by atoms with Crippen molar-refractivity contribution in [2.75, 3.05) is 27.2 Å². The molecule has 0 aromatic rings. The minimum Gasteiger partial charge on any atom is -0.232 e. The van der Waals surface area contributed by atoms with E-state index in [1.807, 2.05) is 0 Å². The lowest BCUT2D eigenvalue weighted by Gasteiger charge is -2.37. The Kier molecular flexibility index (Phi) is 2.23. The minimum absolute atomic E-state index is 1.06. The summed E-state index contributed by atoms with van der Waals surface area (Å²) in [6, 6.07) is 0. The molecule has 1 aliphatic heterocycles. The highest BCUT2D eigenvalue weighted by Gasteiger charge is 2.30. The van der Waals surface area contributed by atoms with Crippen LogP contribution >= 0.6 is 0 Å². The lowest BCUT2D eigenvalue weighted by atomic mass is 10.4. The molecule has 0 radical (unpaired) electrons. The van der Waals surface area contributed by atoms with Crippen LogP contribution in [0.5, 0.6) is 0 Å². The van der Waals surface area contributed by atoms with Crippen LogP contribution in [0.4, 0.5) is 0 Å². The van der Waals surface area contributed by atoms with E-state index in [0.29, 0.717) is 0 Å². The number of likely N-dealkylation sites (N-methyl/N-ethyl adjacent to an activating group) is 1. The summed E-state index contributed by atoms with van der Waals surface area (Å²) in [6.45, 7) is 6.82. The topological polar surface area (TPSA) is 3.24 Å². The van der Waals surface area contributed by atoms with Gasteiger partial charge in [-0.25, -0.2) is 9.60 Å². The summed E-state index contributed by atoms with van der Waals surface area (Å²) in [7, 11) is 4.46. The number of hydrogen-bond donors (Lipinski definition) is 0. The maximum atomic E-state index is 2.35. The molecule has 0 amide bonds. The molecule has 0 fully saturated rings. The van der Waals surface area contributed by atoms with E-state index in [1.54, 1.807) is 0 Å². The Bertz CT molecular complexity index is 174. The first-order chi connectivity index (χ1) is 5.10. The van der Waals surface area contributed by atoms with Gasteiger partial charge in [0, 0.05) is 0 Å². The Morgan fingerprint density at radius 2 is 2.27 bits per heavy atom. The molecular formula is C9H19N2+. The zero-order valence-corrected chi connectivity index (χ0v) is 8.09. The maximum Gasteiger partial charge on any atom is 0.122 e. The predicted molar refractivity (Wildman–Crippen MR) is 47.7 cm³/mol. The van der Waals surface area contributed by atoms with Crippen LogP contribution in [0.1, 0.15) is 20.3 Å². The number of nitrogens with zero attached hydrogens (tertiary/aromatic N) is 2. The van der Waals surface area contributed by atoms with Crippen LogP contribution in [0.3, 0.4) is 0 Å². The molecule has 0 aromatic carbocycles. The Hall–Kier alpha value is -0.500. The van der Waals surface area contributed by atoms with Crippen molar-refractivity contribution in [2.45, 2.75) is 20.3 Å². The molecule has 1 aliphatic rings. The summed E-state index contributed by atoms with van der Waals surface area (Å²) >= 11 is 0. The van der Waals surface area contributed by atoms with E-state index in [9.17, 15) is 0 Å². The number of allylic oxidation sites excluding steroid dienone is 1. The predicted octanol–water partition coefficient (Wildman–Crippen LogP) is 1.61. The van der Waals surface area contributed by atoms with Crippen molar-refractivity contribution in [1.29, 1.82) is 0 Å². The van der Waals surface area contributed by atoms with Gasteiger partial charge >= 0.3 is 0 Å². The van der Waals surface area contributed by atoms with Crippen LogP contribution in [0, 0.1) is 0 Å². The zero-order valence-electron chi connectivity index (χ0n) is 8.09. The average molecular weight is 155 g/mol. The van der Waals surface area contributed by atoms with Gasteiger partial charge in [-0.15, -0.1) is 0 Å². The molecule has 0 aromatic heterocycles. The monoisotopic (exact) mass is 155 g/mol. The third kappa shape index (κ3) is 1.41. The van der Waals surface area contributed by atoms with Gasteiger partial charge in [0.05, 0.1) is 19.8 Å². The summed E-state index contributed by atoms with van der Waals surface area (Å²) in [5, 5.41) is 2.35. The van der Waals surface area contributed by atoms with E-state index in [1.165, 1.54) is 18.7 Å². The van der Waals surface area contributed by atoms with Crippen molar-refractivity contribution in [3.05, 3.63) is 11.8 Å². The van der Waals surface area contributed by atoms with E-state index in [2.05, 4.69) is 39.0 Å². The Morgan fingerprint density at radius 3 is 2.64 bits per heavy atom. The Balaban J connectivity index is 2.63. The maximum absolute atomic E-state index is 2.35. The van der Waals surface area contributed by atoms with Gasteiger partial charge < -0.3 is 0 Å². The molecule has 11 heavy (non-hydrogen) atoms. The largest absolute Gasteiger partial charge is 0.232 e. The molecule has 0 spiro atoms. The normalized spacial score (nSPS) is 30.9. The molecule has 1 atom stereocenters. The van der Waals surface area contributed by atoms with Crippen molar-refractivity contribution >= 4 is 0 Å². The third-order valence-electron chi connectivity index (χ3n) is 2.72. The van der Waals surface area contributed by atoms with Gasteiger partial charge in [-0.05, 0) is 19.4 Å².